The quantitative estimate of drug-likeness (QED) is 0.610. The maximum absolute atomic E-state index is 11.3. The molecule has 0 aromatic carbocycles. The van der Waals surface area contributed by atoms with Crippen LogP contribution in [0.4, 0.5) is 0 Å². The molecule has 0 fully saturated rings. The number of hydrogen-bond donors (Lipinski definition) is 2. The van der Waals surface area contributed by atoms with Gasteiger partial charge in [-0.05, 0) is 6.92 Å². The molecule has 0 aliphatic heterocycles. The molecule has 0 unspecified atom stereocenters. The summed E-state index contributed by atoms with van der Waals surface area (Å²) in [6, 6.07) is 0. The molecule has 0 rings (SSSR count). The van der Waals surface area contributed by atoms with Crippen LogP contribution in [0, 0.1) is 0 Å². The Hall–Kier alpha value is -1.62. The van der Waals surface area contributed by atoms with E-state index in [4.69, 9.17) is 10.2 Å². The zero-order chi connectivity index (χ0) is 11.1. The van der Waals surface area contributed by atoms with Crippen LogP contribution in [0.25, 0.3) is 0 Å². The van der Waals surface area contributed by atoms with Crippen LogP contribution in [0.2, 0.25) is 0 Å². The number of aliphatic hydroxyl groups is 1. The molecule has 0 aliphatic carbocycles. The number of aliphatic carboxylic acids is 1. The van der Waals surface area contributed by atoms with Gasteiger partial charge in [0.25, 0.3) is 5.91 Å². The van der Waals surface area contributed by atoms with E-state index in [1.54, 1.807) is 0 Å². The normalized spacial score (nSPS) is 10.1. The number of rotatable bonds is 5. The SMILES string of the molecule is C=C(C)C(=O)N(C=CC(=O)O)CCO. The molecule has 0 saturated carbocycles. The van der Waals surface area contributed by atoms with Gasteiger partial charge in [-0.1, -0.05) is 6.58 Å². The molecule has 0 saturated heterocycles. The summed E-state index contributed by atoms with van der Waals surface area (Å²) in [7, 11) is 0. The highest BCUT2D eigenvalue weighted by Crippen LogP contribution is 1.99. The van der Waals surface area contributed by atoms with Crippen molar-refractivity contribution in [3.8, 4) is 0 Å². The topological polar surface area (TPSA) is 77.8 Å². The third kappa shape index (κ3) is 4.42. The summed E-state index contributed by atoms with van der Waals surface area (Å²) < 4.78 is 0. The van der Waals surface area contributed by atoms with Crippen molar-refractivity contribution in [2.45, 2.75) is 6.92 Å². The van der Waals surface area contributed by atoms with E-state index in [1.807, 2.05) is 0 Å². The second-order valence-electron chi connectivity index (χ2n) is 2.66. The molecule has 2 N–H and O–H groups in total. The molecule has 0 spiro atoms. The molecular formula is C9H13NO4. The lowest BCUT2D eigenvalue weighted by Gasteiger charge is -2.16. The third-order valence-corrected chi connectivity index (χ3v) is 1.36. The minimum Gasteiger partial charge on any atom is -0.478 e. The van der Waals surface area contributed by atoms with E-state index in [2.05, 4.69) is 6.58 Å². The minimum absolute atomic E-state index is 0.0511. The van der Waals surface area contributed by atoms with Crippen molar-refractivity contribution in [2.75, 3.05) is 13.2 Å². The summed E-state index contributed by atoms with van der Waals surface area (Å²) in [6.07, 6.45) is 1.94. The van der Waals surface area contributed by atoms with Gasteiger partial charge in [-0.15, -0.1) is 0 Å². The van der Waals surface area contributed by atoms with Gasteiger partial charge in [-0.2, -0.15) is 0 Å². The fourth-order valence-electron chi connectivity index (χ4n) is 0.750. The standard InChI is InChI=1S/C9H13NO4/c1-7(2)9(14)10(5-6-11)4-3-8(12)13/h3-4,11H,1,5-6H2,2H3,(H,12,13). The fourth-order valence-corrected chi connectivity index (χ4v) is 0.750. The summed E-state index contributed by atoms with van der Waals surface area (Å²) >= 11 is 0. The number of amides is 1. The smallest absolute Gasteiger partial charge is 0.329 e. The van der Waals surface area contributed by atoms with E-state index < -0.39 is 11.9 Å². The van der Waals surface area contributed by atoms with E-state index in [1.165, 1.54) is 6.92 Å². The van der Waals surface area contributed by atoms with E-state index in [0.29, 0.717) is 0 Å². The Morgan fingerprint density at radius 1 is 1.50 bits per heavy atom. The zero-order valence-electron chi connectivity index (χ0n) is 7.93. The molecule has 14 heavy (non-hydrogen) atoms. The number of carbonyl (C=O) groups is 2. The highest BCUT2D eigenvalue weighted by atomic mass is 16.4. The molecule has 1 amide bonds. The highest BCUT2D eigenvalue weighted by Gasteiger charge is 2.10. The maximum atomic E-state index is 11.3. The Labute approximate surface area is 82.0 Å². The molecule has 0 aromatic rings. The molecular weight excluding hydrogens is 186 g/mol. The summed E-state index contributed by atoms with van der Waals surface area (Å²) in [6.45, 7) is 4.76. The minimum atomic E-state index is -1.15. The molecule has 0 radical (unpaired) electrons. The van der Waals surface area contributed by atoms with Crippen molar-refractivity contribution >= 4 is 11.9 Å². The summed E-state index contributed by atoms with van der Waals surface area (Å²) in [5.74, 6) is -1.56. The predicted molar refractivity (Wildman–Crippen MR) is 50.4 cm³/mol. The molecule has 0 aromatic heterocycles. The van der Waals surface area contributed by atoms with Crippen LogP contribution in [0.1, 0.15) is 6.92 Å². The van der Waals surface area contributed by atoms with Crippen LogP contribution in [0.15, 0.2) is 24.4 Å². The number of carbonyl (C=O) groups excluding carboxylic acids is 1. The van der Waals surface area contributed by atoms with Gasteiger partial charge in [0, 0.05) is 24.4 Å². The largest absolute Gasteiger partial charge is 0.478 e. The second-order valence-corrected chi connectivity index (χ2v) is 2.66. The first-order valence-electron chi connectivity index (χ1n) is 3.97. The number of hydrogen-bond acceptors (Lipinski definition) is 3. The fraction of sp³-hybridized carbons (Fsp3) is 0.333. The monoisotopic (exact) mass is 199 g/mol. The molecule has 78 valence electrons. The van der Waals surface area contributed by atoms with Crippen molar-refractivity contribution in [2.24, 2.45) is 0 Å². The van der Waals surface area contributed by atoms with Gasteiger partial charge >= 0.3 is 5.97 Å². The van der Waals surface area contributed by atoms with Crippen molar-refractivity contribution in [1.29, 1.82) is 0 Å². The number of aliphatic hydroxyl groups excluding tert-OH is 1. The Kier molecular flexibility index (Phi) is 5.24. The van der Waals surface area contributed by atoms with Gasteiger partial charge in [-0.3, -0.25) is 4.79 Å². The van der Waals surface area contributed by atoms with Crippen LogP contribution >= 0.6 is 0 Å². The van der Waals surface area contributed by atoms with Gasteiger partial charge in [0.05, 0.1) is 6.61 Å². The summed E-state index contributed by atoms with van der Waals surface area (Å²) in [5.41, 5.74) is 0.286. The molecule has 0 atom stereocenters. The van der Waals surface area contributed by atoms with E-state index in [0.717, 1.165) is 17.2 Å². The highest BCUT2D eigenvalue weighted by molar-refractivity contribution is 5.93. The van der Waals surface area contributed by atoms with Gasteiger partial charge in [0.2, 0.25) is 0 Å². The van der Waals surface area contributed by atoms with Crippen LogP contribution in [0.5, 0.6) is 0 Å². The van der Waals surface area contributed by atoms with Crippen molar-refractivity contribution in [1.82, 2.24) is 4.90 Å². The summed E-state index contributed by atoms with van der Waals surface area (Å²) in [5, 5.41) is 17.0. The Morgan fingerprint density at radius 3 is 2.43 bits per heavy atom. The first-order valence-corrected chi connectivity index (χ1v) is 3.97. The van der Waals surface area contributed by atoms with Crippen LogP contribution < -0.4 is 0 Å². The Morgan fingerprint density at radius 2 is 2.07 bits per heavy atom. The first kappa shape index (κ1) is 12.4. The molecule has 5 nitrogen and oxygen atoms in total. The van der Waals surface area contributed by atoms with Gasteiger partial charge in [-0.25, -0.2) is 4.79 Å². The zero-order valence-corrected chi connectivity index (χ0v) is 7.93. The van der Waals surface area contributed by atoms with Crippen molar-refractivity contribution < 1.29 is 19.8 Å². The number of carboxylic acids is 1. The maximum Gasteiger partial charge on any atom is 0.329 e. The predicted octanol–water partition coefficient (Wildman–Crippen LogP) is -0.0183. The lowest BCUT2D eigenvalue weighted by Crippen LogP contribution is -2.29. The van der Waals surface area contributed by atoms with Crippen molar-refractivity contribution in [3.05, 3.63) is 24.4 Å². The lowest BCUT2D eigenvalue weighted by molar-refractivity contribution is -0.131. The van der Waals surface area contributed by atoms with Gasteiger partial charge in [0.1, 0.15) is 0 Å². The van der Waals surface area contributed by atoms with E-state index >= 15 is 0 Å². The number of carboxylic acid groups (broad SMARTS) is 1. The number of nitrogens with zero attached hydrogens (tertiary/aromatic N) is 1. The first-order chi connectivity index (χ1) is 6.49. The van der Waals surface area contributed by atoms with E-state index in [-0.39, 0.29) is 18.7 Å². The lowest BCUT2D eigenvalue weighted by atomic mass is 10.3. The van der Waals surface area contributed by atoms with Crippen LogP contribution in [-0.2, 0) is 9.59 Å². The average molecular weight is 199 g/mol. The van der Waals surface area contributed by atoms with Gasteiger partial charge < -0.3 is 15.1 Å². The van der Waals surface area contributed by atoms with Gasteiger partial charge in [0.15, 0.2) is 0 Å². The molecule has 0 bridgehead atoms. The molecule has 5 heteroatoms. The average Bonchev–Trinajstić information content (AvgIpc) is 2.10. The Bertz CT molecular complexity index is 270. The van der Waals surface area contributed by atoms with Crippen LogP contribution in [0.3, 0.4) is 0 Å². The summed E-state index contributed by atoms with van der Waals surface area (Å²) in [4.78, 5) is 22.6. The van der Waals surface area contributed by atoms with Crippen LogP contribution in [-0.4, -0.2) is 40.1 Å². The second kappa shape index (κ2) is 5.93. The third-order valence-electron chi connectivity index (χ3n) is 1.36. The Balaban J connectivity index is 4.51. The van der Waals surface area contributed by atoms with E-state index in [9.17, 15) is 9.59 Å². The molecule has 0 aliphatic rings. The van der Waals surface area contributed by atoms with Crippen molar-refractivity contribution in [3.63, 3.8) is 0 Å². The molecule has 0 heterocycles.